The molecule has 0 aromatic heterocycles. The summed E-state index contributed by atoms with van der Waals surface area (Å²) in [7, 11) is 1.57. The molecule has 3 aromatic rings. The predicted molar refractivity (Wildman–Crippen MR) is 132 cm³/mol. The number of hydrogen-bond acceptors (Lipinski definition) is 7. The van der Waals surface area contributed by atoms with Gasteiger partial charge in [0.15, 0.2) is 11.5 Å². The summed E-state index contributed by atoms with van der Waals surface area (Å²) in [6.07, 6.45) is -1.49. The van der Waals surface area contributed by atoms with E-state index in [9.17, 15) is 21.6 Å². The minimum absolute atomic E-state index is 0.0803. The van der Waals surface area contributed by atoms with Gasteiger partial charge in [-0.2, -0.15) is 0 Å². The van der Waals surface area contributed by atoms with Crippen molar-refractivity contribution in [3.05, 3.63) is 65.7 Å². The quantitative estimate of drug-likeness (QED) is 0.336. The molecule has 3 aromatic carbocycles. The molecule has 0 fully saturated rings. The molecule has 1 N–H and O–H groups in total. The molecule has 0 spiro atoms. The smallest absolute Gasteiger partial charge is 0.495 e. The van der Waals surface area contributed by atoms with E-state index in [-0.39, 0.29) is 11.4 Å². The van der Waals surface area contributed by atoms with Crippen LogP contribution < -0.4 is 28.4 Å². The summed E-state index contributed by atoms with van der Waals surface area (Å²) in [5.41, 5.74) is 1.40. The van der Waals surface area contributed by atoms with Crippen LogP contribution in [0.5, 0.6) is 28.7 Å². The Morgan fingerprint density at radius 3 is 1.95 bits per heavy atom. The van der Waals surface area contributed by atoms with E-state index in [1.807, 2.05) is 0 Å². The van der Waals surface area contributed by atoms with Gasteiger partial charge in [-0.15, -0.1) is 13.2 Å². The molecule has 8 nitrogen and oxygen atoms in total. The summed E-state index contributed by atoms with van der Waals surface area (Å²) in [5, 5.41) is 0. The van der Waals surface area contributed by atoms with E-state index in [1.54, 1.807) is 36.4 Å². The number of halogens is 3. The first kappa shape index (κ1) is 27.5. The third-order valence-corrected chi connectivity index (χ3v) is 6.34. The first-order valence-electron chi connectivity index (χ1n) is 10.5. The average Bonchev–Trinajstić information content (AvgIpc) is 2.85. The number of ether oxygens (including phenoxy) is 5. The van der Waals surface area contributed by atoms with Gasteiger partial charge in [0.2, 0.25) is 5.75 Å². The van der Waals surface area contributed by atoms with E-state index in [1.165, 1.54) is 34.5 Å². The maximum absolute atomic E-state index is 12.9. The van der Waals surface area contributed by atoms with Gasteiger partial charge < -0.3 is 23.7 Å². The van der Waals surface area contributed by atoms with Crippen molar-refractivity contribution in [2.24, 2.45) is 0 Å². The van der Waals surface area contributed by atoms with Crippen LogP contribution in [0.4, 0.5) is 18.9 Å². The second-order valence-electron chi connectivity index (χ2n) is 7.38. The van der Waals surface area contributed by atoms with Gasteiger partial charge in [0.25, 0.3) is 10.0 Å². The van der Waals surface area contributed by atoms with E-state index in [0.717, 1.165) is 24.3 Å². The predicted octanol–water partition coefficient (Wildman–Crippen LogP) is 5.59. The Kier molecular flexibility index (Phi) is 8.43. The van der Waals surface area contributed by atoms with Crippen LogP contribution >= 0.6 is 0 Å². The zero-order valence-corrected chi connectivity index (χ0v) is 21.1. The van der Waals surface area contributed by atoms with E-state index in [2.05, 4.69) is 9.46 Å². The number of sulfonamides is 1. The highest BCUT2D eigenvalue weighted by molar-refractivity contribution is 7.92. The van der Waals surface area contributed by atoms with Gasteiger partial charge in [-0.1, -0.05) is 24.3 Å². The number of nitrogens with one attached hydrogen (secondary N) is 1. The van der Waals surface area contributed by atoms with Gasteiger partial charge in [0.05, 0.1) is 39.0 Å². The van der Waals surface area contributed by atoms with Gasteiger partial charge in [-0.3, -0.25) is 4.72 Å². The molecule has 12 heteroatoms. The summed E-state index contributed by atoms with van der Waals surface area (Å²) >= 11 is 0. The molecule has 0 aliphatic carbocycles. The lowest BCUT2D eigenvalue weighted by molar-refractivity contribution is -0.274. The van der Waals surface area contributed by atoms with Crippen molar-refractivity contribution in [3.8, 4) is 28.7 Å². The van der Waals surface area contributed by atoms with Crippen LogP contribution in [0.2, 0.25) is 0 Å². The van der Waals surface area contributed by atoms with E-state index in [4.69, 9.17) is 18.9 Å². The first-order valence-corrected chi connectivity index (χ1v) is 12.0. The fourth-order valence-corrected chi connectivity index (χ4v) is 4.44. The molecule has 0 amide bonds. The lowest BCUT2D eigenvalue weighted by atomic mass is 10.1. The largest absolute Gasteiger partial charge is 0.573 e. The fourth-order valence-electron chi connectivity index (χ4n) is 3.34. The van der Waals surface area contributed by atoms with Crippen LogP contribution in [0.15, 0.2) is 59.5 Å². The Hall–Kier alpha value is -4.06. The van der Waals surface area contributed by atoms with Crippen LogP contribution in [0, 0.1) is 0 Å². The highest BCUT2D eigenvalue weighted by Crippen LogP contribution is 2.39. The monoisotopic (exact) mass is 539 g/mol. The van der Waals surface area contributed by atoms with Gasteiger partial charge >= 0.3 is 6.36 Å². The second-order valence-corrected chi connectivity index (χ2v) is 9.06. The molecular weight excluding hydrogens is 515 g/mol. The molecule has 198 valence electrons. The maximum Gasteiger partial charge on any atom is 0.573 e. The summed E-state index contributed by atoms with van der Waals surface area (Å²) in [6.45, 7) is 0. The van der Waals surface area contributed by atoms with Crippen molar-refractivity contribution in [3.63, 3.8) is 0 Å². The lowest BCUT2D eigenvalue weighted by Crippen LogP contribution is -2.18. The molecule has 0 unspecified atom stereocenters. The van der Waals surface area contributed by atoms with Crippen LogP contribution in [0.25, 0.3) is 12.2 Å². The van der Waals surface area contributed by atoms with E-state index >= 15 is 0 Å². The number of rotatable bonds is 10. The number of benzene rings is 3. The maximum atomic E-state index is 12.9. The molecule has 0 atom stereocenters. The second kappa shape index (κ2) is 11.3. The van der Waals surface area contributed by atoms with E-state index < -0.39 is 27.0 Å². The fraction of sp³-hybridized carbons (Fsp3) is 0.200. The molecule has 0 saturated carbocycles. The van der Waals surface area contributed by atoms with Gasteiger partial charge in [-0.05, 0) is 47.5 Å². The Labute approximate surface area is 212 Å². The van der Waals surface area contributed by atoms with Crippen molar-refractivity contribution < 1.29 is 45.3 Å². The standard InChI is InChI=1S/C25H24F3NO7S/c1-32-21-11-10-16(8-9-17-13-22(33-2)24(35-4)23(14-17)34-3)12-20(21)29-37(30,31)19-7-5-6-18(15-19)36-25(26,27)28/h5-15,29H,1-4H3. The molecule has 0 aliphatic heterocycles. The van der Waals surface area contributed by atoms with Crippen molar-refractivity contribution in [1.29, 1.82) is 0 Å². The third kappa shape index (κ3) is 7.00. The summed E-state index contributed by atoms with van der Waals surface area (Å²) in [6, 6.07) is 12.3. The molecule has 0 bridgehead atoms. The number of hydrogen-bond donors (Lipinski definition) is 1. The topological polar surface area (TPSA) is 92.3 Å². The molecule has 0 aliphatic rings. The van der Waals surface area contributed by atoms with Crippen LogP contribution in [-0.2, 0) is 10.0 Å². The zero-order chi connectivity index (χ0) is 27.2. The van der Waals surface area contributed by atoms with Crippen molar-refractivity contribution in [2.45, 2.75) is 11.3 Å². The Balaban J connectivity index is 1.91. The molecule has 0 saturated heterocycles. The Morgan fingerprint density at radius 2 is 1.38 bits per heavy atom. The zero-order valence-electron chi connectivity index (χ0n) is 20.3. The normalized spacial score (nSPS) is 11.8. The molecular formula is C25H24F3NO7S. The molecule has 37 heavy (non-hydrogen) atoms. The summed E-state index contributed by atoms with van der Waals surface area (Å²) in [4.78, 5) is -0.422. The van der Waals surface area contributed by atoms with Crippen LogP contribution in [0.3, 0.4) is 0 Å². The van der Waals surface area contributed by atoms with Crippen LogP contribution in [-0.4, -0.2) is 43.2 Å². The number of alkyl halides is 3. The lowest BCUT2D eigenvalue weighted by Gasteiger charge is -2.14. The van der Waals surface area contributed by atoms with Crippen molar-refractivity contribution in [1.82, 2.24) is 0 Å². The minimum atomic E-state index is -4.96. The molecule has 3 rings (SSSR count). The molecule has 0 radical (unpaired) electrons. The van der Waals surface area contributed by atoms with Crippen molar-refractivity contribution in [2.75, 3.05) is 33.2 Å². The van der Waals surface area contributed by atoms with Gasteiger partial charge in [0, 0.05) is 6.07 Å². The van der Waals surface area contributed by atoms with Gasteiger partial charge in [0.1, 0.15) is 11.5 Å². The minimum Gasteiger partial charge on any atom is -0.495 e. The average molecular weight is 540 g/mol. The SMILES string of the molecule is COc1ccc(C=Cc2cc(OC)c(OC)c(OC)c2)cc1NS(=O)(=O)c1cccc(OC(F)(F)F)c1. The number of anilines is 1. The highest BCUT2D eigenvalue weighted by atomic mass is 32.2. The third-order valence-electron chi connectivity index (χ3n) is 4.97. The first-order chi connectivity index (χ1) is 17.5. The molecule has 0 heterocycles. The van der Waals surface area contributed by atoms with Crippen molar-refractivity contribution >= 4 is 27.9 Å². The summed E-state index contributed by atoms with van der Waals surface area (Å²) in [5.74, 6) is 0.899. The van der Waals surface area contributed by atoms with Gasteiger partial charge in [-0.25, -0.2) is 8.42 Å². The Bertz CT molecular complexity index is 1360. The van der Waals surface area contributed by atoms with Crippen LogP contribution in [0.1, 0.15) is 11.1 Å². The Morgan fingerprint density at radius 1 is 0.757 bits per heavy atom. The van der Waals surface area contributed by atoms with E-state index in [0.29, 0.717) is 28.4 Å². The summed E-state index contributed by atoms with van der Waals surface area (Å²) < 4.78 is 90.9. The highest BCUT2D eigenvalue weighted by Gasteiger charge is 2.31. The number of methoxy groups -OCH3 is 4.